The molecular weight excluding hydrogens is 458 g/mol. The Balaban J connectivity index is 1.31. The molecule has 14 heteroatoms. The number of halogens is 1. The summed E-state index contributed by atoms with van der Waals surface area (Å²) >= 11 is 0. The van der Waals surface area contributed by atoms with Gasteiger partial charge in [-0.1, -0.05) is 0 Å². The van der Waals surface area contributed by atoms with E-state index < -0.39 is 43.7 Å². The van der Waals surface area contributed by atoms with Crippen molar-refractivity contribution in [2.24, 2.45) is 0 Å². The number of nitrogens with two attached hydrogens (primary N) is 1. The first-order valence-corrected chi connectivity index (χ1v) is 12.4. The van der Waals surface area contributed by atoms with Crippen LogP contribution in [0.5, 0.6) is 0 Å². The number of nitrogens with one attached hydrogen (secondary N) is 1. The van der Waals surface area contributed by atoms with Crippen molar-refractivity contribution < 1.29 is 32.3 Å². The molecule has 2 aromatic heterocycles. The minimum atomic E-state index is -4.02. The SMILES string of the molecule is CC(NP1(=O)OCC2OC(c3cnc4c(N)ncnn34)C(C)(F)C2O1)C(=O)OC1CCCC1. The van der Waals surface area contributed by atoms with Crippen LogP contribution >= 0.6 is 7.75 Å². The summed E-state index contributed by atoms with van der Waals surface area (Å²) < 4.78 is 52.9. The number of aromatic nitrogens is 4. The molecule has 0 radical (unpaired) electrons. The molecule has 4 heterocycles. The maximum absolute atomic E-state index is 16.1. The maximum atomic E-state index is 16.1. The third-order valence-corrected chi connectivity index (χ3v) is 7.99. The Morgan fingerprint density at radius 1 is 1.42 bits per heavy atom. The molecule has 0 bridgehead atoms. The van der Waals surface area contributed by atoms with E-state index in [2.05, 4.69) is 20.2 Å². The fraction of sp³-hybridized carbons (Fsp3) is 0.684. The van der Waals surface area contributed by atoms with Crippen LogP contribution in [0.2, 0.25) is 0 Å². The van der Waals surface area contributed by atoms with Crippen molar-refractivity contribution in [2.45, 2.75) is 75.7 Å². The second kappa shape index (κ2) is 8.24. The second-order valence-electron chi connectivity index (χ2n) is 8.78. The highest BCUT2D eigenvalue weighted by Gasteiger charge is 2.61. The van der Waals surface area contributed by atoms with Crippen LogP contribution in [0.1, 0.15) is 51.3 Å². The topological polar surface area (TPSA) is 152 Å². The van der Waals surface area contributed by atoms with Crippen molar-refractivity contribution in [3.63, 3.8) is 0 Å². The van der Waals surface area contributed by atoms with E-state index in [0.717, 1.165) is 25.7 Å². The summed E-state index contributed by atoms with van der Waals surface area (Å²) in [4.78, 5) is 20.4. The fourth-order valence-corrected chi connectivity index (χ4v) is 6.32. The van der Waals surface area contributed by atoms with E-state index in [1.54, 1.807) is 0 Å². The van der Waals surface area contributed by atoms with Crippen LogP contribution in [-0.2, 0) is 27.9 Å². The third-order valence-electron chi connectivity index (χ3n) is 6.29. The van der Waals surface area contributed by atoms with Crippen LogP contribution < -0.4 is 10.8 Å². The Morgan fingerprint density at radius 3 is 2.94 bits per heavy atom. The Morgan fingerprint density at radius 2 is 2.18 bits per heavy atom. The van der Waals surface area contributed by atoms with Gasteiger partial charge in [0.15, 0.2) is 17.1 Å². The van der Waals surface area contributed by atoms with Gasteiger partial charge in [0, 0.05) is 0 Å². The number of fused-ring (bicyclic) bond motifs is 2. The first kappa shape index (κ1) is 22.6. The fourth-order valence-electron chi connectivity index (χ4n) is 4.56. The number of rotatable bonds is 5. The molecule has 6 unspecified atom stereocenters. The second-order valence-corrected chi connectivity index (χ2v) is 10.5. The minimum absolute atomic E-state index is 0.137. The molecular formula is C19H26FN6O6P. The Hall–Kier alpha value is -2.18. The highest BCUT2D eigenvalue weighted by Crippen LogP contribution is 2.57. The first-order chi connectivity index (χ1) is 15.7. The maximum Gasteiger partial charge on any atom is 0.406 e. The molecule has 33 heavy (non-hydrogen) atoms. The van der Waals surface area contributed by atoms with Crippen LogP contribution in [0.25, 0.3) is 5.65 Å². The number of imidazole rings is 1. The standard InChI is InChI=1S/C19H26FN6O6P/c1-10(18(27)30-11-5-3-4-6-11)25-33(28)29-8-13-15(32-33)19(2,20)14(31-13)12-7-22-17-16(21)23-9-24-26(12)17/h7,9-11,13-15H,3-6,8H2,1-2H3,(H,25,28)(H2,21,23,24). The molecule has 3 N–H and O–H groups in total. The normalized spacial score (nSPS) is 35.5. The van der Waals surface area contributed by atoms with E-state index in [4.69, 9.17) is 24.3 Å². The summed E-state index contributed by atoms with van der Waals surface area (Å²) in [6, 6.07) is -0.963. The van der Waals surface area contributed by atoms with Crippen molar-refractivity contribution in [3.8, 4) is 0 Å². The average Bonchev–Trinajstić information content (AvgIpc) is 3.47. The third kappa shape index (κ3) is 4.01. The summed E-state index contributed by atoms with van der Waals surface area (Å²) in [5, 5.41) is 6.65. The van der Waals surface area contributed by atoms with Crippen molar-refractivity contribution in [1.82, 2.24) is 24.7 Å². The zero-order valence-corrected chi connectivity index (χ0v) is 19.1. The lowest BCUT2D eigenvalue weighted by Gasteiger charge is -2.35. The molecule has 180 valence electrons. The zero-order valence-electron chi connectivity index (χ0n) is 18.2. The van der Waals surface area contributed by atoms with Crippen LogP contribution in [0.3, 0.4) is 0 Å². The van der Waals surface area contributed by atoms with Crippen molar-refractivity contribution in [2.75, 3.05) is 12.3 Å². The average molecular weight is 484 g/mol. The summed E-state index contributed by atoms with van der Waals surface area (Å²) in [7, 11) is -4.02. The number of carbonyl (C=O) groups excluding carboxylic acids is 1. The number of nitrogen functional groups attached to an aromatic ring is 1. The van der Waals surface area contributed by atoms with Gasteiger partial charge in [0.1, 0.15) is 36.8 Å². The van der Waals surface area contributed by atoms with Gasteiger partial charge in [0.25, 0.3) is 0 Å². The van der Waals surface area contributed by atoms with E-state index in [1.807, 2.05) is 0 Å². The molecule has 3 fully saturated rings. The number of carbonyl (C=O) groups is 1. The number of hydrogen-bond acceptors (Lipinski definition) is 10. The number of anilines is 1. The molecule has 0 aromatic carbocycles. The molecule has 2 saturated heterocycles. The number of nitrogens with zero attached hydrogens (tertiary/aromatic N) is 4. The molecule has 5 rings (SSSR count). The highest BCUT2D eigenvalue weighted by atomic mass is 31.2. The minimum Gasteiger partial charge on any atom is -0.461 e. The molecule has 1 aliphatic carbocycles. The molecule has 0 spiro atoms. The van der Waals surface area contributed by atoms with E-state index >= 15 is 4.39 Å². The Kier molecular flexibility index (Phi) is 5.65. The summed E-state index contributed by atoms with van der Waals surface area (Å²) in [6.45, 7) is 2.60. The van der Waals surface area contributed by atoms with Gasteiger partial charge in [0.2, 0.25) is 0 Å². The predicted molar refractivity (Wildman–Crippen MR) is 112 cm³/mol. The molecule has 0 amide bonds. The quantitative estimate of drug-likeness (QED) is 0.472. The van der Waals surface area contributed by atoms with E-state index in [9.17, 15) is 9.36 Å². The van der Waals surface area contributed by atoms with E-state index in [1.165, 1.54) is 30.9 Å². The molecule has 1 saturated carbocycles. The lowest BCUT2D eigenvalue weighted by Crippen LogP contribution is -2.47. The van der Waals surface area contributed by atoms with Gasteiger partial charge in [0.05, 0.1) is 18.5 Å². The summed E-state index contributed by atoms with van der Waals surface area (Å²) in [5.74, 6) is -0.419. The van der Waals surface area contributed by atoms with Gasteiger partial charge in [-0.2, -0.15) is 5.10 Å². The largest absolute Gasteiger partial charge is 0.461 e. The van der Waals surface area contributed by atoms with Crippen molar-refractivity contribution >= 4 is 25.2 Å². The van der Waals surface area contributed by atoms with Crippen molar-refractivity contribution in [3.05, 3.63) is 18.2 Å². The summed E-state index contributed by atoms with van der Waals surface area (Å²) in [6.07, 6.45) is 2.94. The molecule has 6 atom stereocenters. The van der Waals surface area contributed by atoms with Gasteiger partial charge in [-0.15, -0.1) is 0 Å². The Bertz CT molecular complexity index is 1110. The van der Waals surface area contributed by atoms with Crippen LogP contribution in [-0.4, -0.2) is 62.2 Å². The zero-order chi connectivity index (χ0) is 23.4. The highest BCUT2D eigenvalue weighted by molar-refractivity contribution is 7.51. The van der Waals surface area contributed by atoms with Gasteiger partial charge >= 0.3 is 13.7 Å². The molecule has 3 aliphatic rings. The van der Waals surface area contributed by atoms with Gasteiger partial charge < -0.3 is 15.2 Å². The van der Waals surface area contributed by atoms with Crippen LogP contribution in [0, 0.1) is 0 Å². The number of esters is 1. The number of alkyl halides is 1. The molecule has 12 nitrogen and oxygen atoms in total. The Labute approximate surface area is 188 Å². The van der Waals surface area contributed by atoms with Gasteiger partial charge in [-0.25, -0.2) is 28.5 Å². The number of hydrogen-bond donors (Lipinski definition) is 2. The predicted octanol–water partition coefficient (Wildman–Crippen LogP) is 1.86. The van der Waals surface area contributed by atoms with Crippen molar-refractivity contribution in [1.29, 1.82) is 0 Å². The number of ether oxygens (including phenoxy) is 2. The summed E-state index contributed by atoms with van der Waals surface area (Å²) in [5.41, 5.74) is 4.27. The molecule has 2 aromatic rings. The van der Waals surface area contributed by atoms with Crippen LogP contribution in [0.4, 0.5) is 10.2 Å². The van der Waals surface area contributed by atoms with E-state index in [-0.39, 0.29) is 24.2 Å². The first-order valence-electron chi connectivity index (χ1n) is 10.9. The van der Waals surface area contributed by atoms with Gasteiger partial charge in [-0.3, -0.25) is 13.8 Å². The van der Waals surface area contributed by atoms with Gasteiger partial charge in [-0.05, 0) is 39.5 Å². The monoisotopic (exact) mass is 484 g/mol. The smallest absolute Gasteiger partial charge is 0.406 e. The molecule has 2 aliphatic heterocycles. The lowest BCUT2D eigenvalue weighted by molar-refractivity contribution is -0.150. The van der Waals surface area contributed by atoms with Crippen LogP contribution in [0.15, 0.2) is 12.5 Å². The van der Waals surface area contributed by atoms with E-state index in [0.29, 0.717) is 5.69 Å². The lowest BCUT2D eigenvalue weighted by atomic mass is 9.93.